The van der Waals surface area contributed by atoms with Crippen LogP contribution in [0.2, 0.25) is 0 Å². The molecule has 2 N–H and O–H groups in total. The minimum absolute atomic E-state index is 0.104. The van der Waals surface area contributed by atoms with Crippen LogP contribution in [0.4, 0.5) is 0 Å². The van der Waals surface area contributed by atoms with E-state index in [0.29, 0.717) is 17.8 Å². The van der Waals surface area contributed by atoms with Gasteiger partial charge < -0.3 is 10.1 Å². The molecule has 0 saturated heterocycles. The van der Waals surface area contributed by atoms with Gasteiger partial charge in [0.1, 0.15) is 5.75 Å². The number of aromatic nitrogens is 1. The van der Waals surface area contributed by atoms with Gasteiger partial charge in [-0.2, -0.15) is 5.10 Å². The van der Waals surface area contributed by atoms with Crippen LogP contribution in [0.25, 0.3) is 0 Å². The van der Waals surface area contributed by atoms with Gasteiger partial charge in [0.15, 0.2) is 0 Å². The molecule has 1 aromatic heterocycles. The van der Waals surface area contributed by atoms with E-state index in [1.807, 2.05) is 24.3 Å². The van der Waals surface area contributed by atoms with E-state index >= 15 is 0 Å². The molecule has 130 valence electrons. The SMILES string of the molecule is COc1ccc(CNC(=O)CC(C)=NNC(=O)c2ccncc2)cc1. The predicted octanol–water partition coefficient (Wildman–Crippen LogP) is 1.90. The lowest BCUT2D eigenvalue weighted by Crippen LogP contribution is -2.26. The average molecular weight is 340 g/mol. The summed E-state index contributed by atoms with van der Waals surface area (Å²) in [6.07, 6.45) is 3.16. The summed E-state index contributed by atoms with van der Waals surface area (Å²) in [5, 5.41) is 6.74. The lowest BCUT2D eigenvalue weighted by molar-refractivity contribution is -0.120. The first-order valence-electron chi connectivity index (χ1n) is 7.71. The molecule has 1 heterocycles. The summed E-state index contributed by atoms with van der Waals surface area (Å²) in [6, 6.07) is 10.6. The molecular formula is C18H20N4O3. The zero-order valence-corrected chi connectivity index (χ0v) is 14.2. The molecule has 0 aliphatic carbocycles. The molecule has 0 aliphatic rings. The summed E-state index contributed by atoms with van der Waals surface area (Å²) < 4.78 is 5.08. The number of methoxy groups -OCH3 is 1. The molecule has 2 rings (SSSR count). The first-order chi connectivity index (χ1) is 12.1. The number of nitrogens with zero attached hydrogens (tertiary/aromatic N) is 2. The number of carbonyl (C=O) groups excluding carboxylic acids is 2. The molecule has 7 heteroatoms. The number of carbonyl (C=O) groups is 2. The van der Waals surface area contributed by atoms with Crippen molar-refractivity contribution in [1.29, 1.82) is 0 Å². The highest BCUT2D eigenvalue weighted by Gasteiger charge is 2.06. The maximum absolute atomic E-state index is 11.9. The van der Waals surface area contributed by atoms with Crippen molar-refractivity contribution in [3.8, 4) is 5.75 Å². The predicted molar refractivity (Wildman–Crippen MR) is 94.3 cm³/mol. The zero-order valence-electron chi connectivity index (χ0n) is 14.2. The minimum atomic E-state index is -0.347. The van der Waals surface area contributed by atoms with Crippen molar-refractivity contribution in [1.82, 2.24) is 15.7 Å². The molecule has 2 amide bonds. The Kier molecular flexibility index (Phi) is 6.65. The molecule has 0 fully saturated rings. The number of ether oxygens (including phenoxy) is 1. The van der Waals surface area contributed by atoms with Crippen LogP contribution in [0.5, 0.6) is 5.75 Å². The molecule has 0 unspecified atom stereocenters. The van der Waals surface area contributed by atoms with Gasteiger partial charge >= 0.3 is 0 Å². The Bertz CT molecular complexity index is 743. The summed E-state index contributed by atoms with van der Waals surface area (Å²) >= 11 is 0. The van der Waals surface area contributed by atoms with Gasteiger partial charge in [0, 0.05) is 30.2 Å². The van der Waals surface area contributed by atoms with E-state index in [0.717, 1.165) is 11.3 Å². The number of pyridine rings is 1. The van der Waals surface area contributed by atoms with Crippen LogP contribution >= 0.6 is 0 Å². The summed E-state index contributed by atoms with van der Waals surface area (Å²) in [6.45, 7) is 2.10. The third-order valence-electron chi connectivity index (χ3n) is 3.36. The van der Waals surface area contributed by atoms with Gasteiger partial charge in [-0.15, -0.1) is 0 Å². The van der Waals surface area contributed by atoms with E-state index in [9.17, 15) is 9.59 Å². The number of nitrogens with one attached hydrogen (secondary N) is 2. The number of rotatable bonds is 7. The van der Waals surface area contributed by atoms with Crippen LogP contribution < -0.4 is 15.5 Å². The fourth-order valence-corrected chi connectivity index (χ4v) is 1.99. The monoisotopic (exact) mass is 340 g/mol. The standard InChI is InChI=1S/C18H20N4O3/c1-13(21-22-18(24)15-7-9-19-10-8-15)11-17(23)20-12-14-3-5-16(25-2)6-4-14/h3-10H,11-12H2,1-2H3,(H,20,23)(H,22,24). The van der Waals surface area contributed by atoms with Crippen molar-refractivity contribution in [3.05, 3.63) is 59.9 Å². The Hall–Kier alpha value is -3.22. The largest absolute Gasteiger partial charge is 0.497 e. The Morgan fingerprint density at radius 1 is 1.12 bits per heavy atom. The normalized spacial score (nSPS) is 10.9. The molecular weight excluding hydrogens is 320 g/mol. The topological polar surface area (TPSA) is 92.7 Å². The fourth-order valence-electron chi connectivity index (χ4n) is 1.99. The van der Waals surface area contributed by atoms with Crippen LogP contribution in [-0.2, 0) is 11.3 Å². The first kappa shape index (κ1) is 18.1. The fraction of sp³-hybridized carbons (Fsp3) is 0.222. The number of amides is 2. The number of hydrogen-bond acceptors (Lipinski definition) is 5. The van der Waals surface area contributed by atoms with Crippen LogP contribution in [0.1, 0.15) is 29.3 Å². The second-order valence-electron chi connectivity index (χ2n) is 5.33. The van der Waals surface area contributed by atoms with E-state index in [-0.39, 0.29) is 18.2 Å². The zero-order chi connectivity index (χ0) is 18.1. The van der Waals surface area contributed by atoms with E-state index in [1.165, 1.54) is 12.4 Å². The smallest absolute Gasteiger partial charge is 0.271 e. The van der Waals surface area contributed by atoms with Crippen LogP contribution in [-0.4, -0.2) is 29.6 Å². The van der Waals surface area contributed by atoms with E-state index < -0.39 is 0 Å². The van der Waals surface area contributed by atoms with Gasteiger partial charge in [0.2, 0.25) is 5.91 Å². The highest BCUT2D eigenvalue weighted by molar-refractivity contribution is 6.01. The third kappa shape index (κ3) is 6.06. The molecule has 0 spiro atoms. The van der Waals surface area contributed by atoms with E-state index in [4.69, 9.17) is 4.74 Å². The highest BCUT2D eigenvalue weighted by Crippen LogP contribution is 2.10. The Labute approximate surface area is 146 Å². The van der Waals surface area contributed by atoms with Crippen molar-refractivity contribution in [2.75, 3.05) is 7.11 Å². The van der Waals surface area contributed by atoms with Gasteiger partial charge in [0.05, 0.1) is 13.5 Å². The third-order valence-corrected chi connectivity index (χ3v) is 3.36. The minimum Gasteiger partial charge on any atom is -0.497 e. The Morgan fingerprint density at radius 2 is 1.80 bits per heavy atom. The highest BCUT2D eigenvalue weighted by atomic mass is 16.5. The number of hydrazone groups is 1. The second kappa shape index (κ2) is 9.17. The van der Waals surface area contributed by atoms with E-state index in [1.54, 1.807) is 26.2 Å². The van der Waals surface area contributed by atoms with Crippen molar-refractivity contribution in [3.63, 3.8) is 0 Å². The lowest BCUT2D eigenvalue weighted by Gasteiger charge is -2.06. The van der Waals surface area contributed by atoms with Gasteiger partial charge in [-0.05, 0) is 36.8 Å². The molecule has 1 aromatic carbocycles. The molecule has 0 bridgehead atoms. The first-order valence-corrected chi connectivity index (χ1v) is 7.71. The van der Waals surface area contributed by atoms with Crippen LogP contribution in [0.3, 0.4) is 0 Å². The maximum atomic E-state index is 11.9. The molecule has 7 nitrogen and oxygen atoms in total. The van der Waals surface area contributed by atoms with Crippen LogP contribution in [0.15, 0.2) is 53.9 Å². The van der Waals surface area contributed by atoms with Gasteiger partial charge in [-0.25, -0.2) is 5.43 Å². The number of hydrogen-bond donors (Lipinski definition) is 2. The Balaban J connectivity index is 1.77. The molecule has 0 aliphatic heterocycles. The van der Waals surface area contributed by atoms with Crippen LogP contribution in [0, 0.1) is 0 Å². The van der Waals surface area contributed by atoms with Gasteiger partial charge in [0.25, 0.3) is 5.91 Å². The molecule has 2 aromatic rings. The molecule has 0 radical (unpaired) electrons. The second-order valence-corrected chi connectivity index (χ2v) is 5.33. The van der Waals surface area contributed by atoms with Crippen molar-refractivity contribution in [2.45, 2.75) is 19.9 Å². The quantitative estimate of drug-likeness (QED) is 0.595. The van der Waals surface area contributed by atoms with Crippen molar-refractivity contribution < 1.29 is 14.3 Å². The average Bonchev–Trinajstić information content (AvgIpc) is 2.65. The summed E-state index contributed by atoms with van der Waals surface area (Å²) in [5.74, 6) is 0.249. The summed E-state index contributed by atoms with van der Waals surface area (Å²) in [4.78, 5) is 27.6. The maximum Gasteiger partial charge on any atom is 0.271 e. The van der Waals surface area contributed by atoms with E-state index in [2.05, 4.69) is 20.8 Å². The molecule has 25 heavy (non-hydrogen) atoms. The Morgan fingerprint density at radius 3 is 2.44 bits per heavy atom. The van der Waals surface area contributed by atoms with Crippen molar-refractivity contribution in [2.24, 2.45) is 5.10 Å². The van der Waals surface area contributed by atoms with Crippen molar-refractivity contribution >= 4 is 17.5 Å². The molecule has 0 atom stereocenters. The van der Waals surface area contributed by atoms with Gasteiger partial charge in [-0.1, -0.05) is 12.1 Å². The van der Waals surface area contributed by atoms with Gasteiger partial charge in [-0.3, -0.25) is 14.6 Å². The summed E-state index contributed by atoms with van der Waals surface area (Å²) in [5.41, 5.74) is 4.35. The lowest BCUT2D eigenvalue weighted by atomic mass is 10.2. The number of benzene rings is 1. The summed E-state index contributed by atoms with van der Waals surface area (Å²) in [7, 11) is 1.60. The molecule has 0 saturated carbocycles.